The Morgan fingerprint density at radius 2 is 1.94 bits per heavy atom. The molecule has 1 aliphatic rings. The molecule has 1 aromatic heterocycles. The van der Waals surface area contributed by atoms with Crippen molar-refractivity contribution >= 4 is 41.8 Å². The summed E-state index contributed by atoms with van der Waals surface area (Å²) in [5.74, 6) is 2.06. The number of ether oxygens (including phenoxy) is 1. The van der Waals surface area contributed by atoms with E-state index in [9.17, 15) is 4.79 Å². The average molecular weight is 561 g/mol. The van der Waals surface area contributed by atoms with Gasteiger partial charge in [-0.2, -0.15) is 0 Å². The summed E-state index contributed by atoms with van der Waals surface area (Å²) in [6, 6.07) is 6.44. The number of carbonyl (C=O) groups excluding carboxylic acids is 1. The quantitative estimate of drug-likeness (QED) is 0.280. The number of anilines is 1. The molecule has 1 atom stereocenters. The van der Waals surface area contributed by atoms with Gasteiger partial charge in [0.05, 0.1) is 6.04 Å². The third kappa shape index (κ3) is 9.79. The highest BCUT2D eigenvalue weighted by molar-refractivity contribution is 14.0. The maximum atomic E-state index is 12.2. The van der Waals surface area contributed by atoms with E-state index in [0.717, 1.165) is 43.4 Å². The molecule has 0 radical (unpaired) electrons. The Kier molecular flexibility index (Phi) is 11.5. The molecular formula is C23H41IN6O2. The number of piperidine rings is 1. The maximum Gasteiger partial charge on any atom is 0.407 e. The molecule has 32 heavy (non-hydrogen) atoms. The first kappa shape index (κ1) is 28.3. The number of nitrogens with one attached hydrogen (secondary N) is 3. The summed E-state index contributed by atoms with van der Waals surface area (Å²) >= 11 is 0. The van der Waals surface area contributed by atoms with Crippen LogP contribution in [0.1, 0.15) is 53.2 Å². The summed E-state index contributed by atoms with van der Waals surface area (Å²) < 4.78 is 5.39. The molecule has 1 fully saturated rings. The number of alkyl carbamates (subject to hydrolysis) is 1. The van der Waals surface area contributed by atoms with Crippen molar-refractivity contribution in [3.8, 4) is 0 Å². The van der Waals surface area contributed by atoms with Gasteiger partial charge in [0.15, 0.2) is 5.96 Å². The lowest BCUT2D eigenvalue weighted by Gasteiger charge is -2.34. The van der Waals surface area contributed by atoms with Crippen LogP contribution in [0.25, 0.3) is 0 Å². The van der Waals surface area contributed by atoms with Crippen LogP contribution in [0, 0.1) is 12.8 Å². The number of guanidine groups is 1. The average Bonchev–Trinajstić information content (AvgIpc) is 2.69. The second kappa shape index (κ2) is 13.1. The summed E-state index contributed by atoms with van der Waals surface area (Å²) in [4.78, 5) is 23.5. The first-order chi connectivity index (χ1) is 14.6. The molecule has 0 aliphatic carbocycles. The van der Waals surface area contributed by atoms with E-state index in [2.05, 4.69) is 56.8 Å². The standard InChI is InChI=1S/C23H40N6O2.HI/c1-16(2)19(28-22(30)31-23(4,5)6)15-25-21(24-7)27-18-11-13-29(14-12-18)20-10-8-9-17(3)26-20;/h8-10,16,18-19H,11-15H2,1-7H3,(H,28,30)(H2,24,25,27);1H. The van der Waals surface area contributed by atoms with Gasteiger partial charge in [0.1, 0.15) is 11.4 Å². The first-order valence-corrected chi connectivity index (χ1v) is 11.2. The molecular weight excluding hydrogens is 519 g/mol. The Balaban J connectivity index is 0.00000512. The summed E-state index contributed by atoms with van der Waals surface area (Å²) in [6.45, 7) is 14.3. The third-order valence-electron chi connectivity index (χ3n) is 5.25. The van der Waals surface area contributed by atoms with Crippen LogP contribution in [0.2, 0.25) is 0 Å². The van der Waals surface area contributed by atoms with Gasteiger partial charge in [0.2, 0.25) is 0 Å². The van der Waals surface area contributed by atoms with E-state index in [1.54, 1.807) is 7.05 Å². The molecule has 2 heterocycles. The minimum absolute atomic E-state index is 0. The largest absolute Gasteiger partial charge is 0.444 e. The highest BCUT2D eigenvalue weighted by Gasteiger charge is 2.23. The molecule has 0 bridgehead atoms. The van der Waals surface area contributed by atoms with Crippen molar-refractivity contribution in [2.45, 2.75) is 72.1 Å². The van der Waals surface area contributed by atoms with Gasteiger partial charge in [0, 0.05) is 38.4 Å². The van der Waals surface area contributed by atoms with Gasteiger partial charge < -0.3 is 25.6 Å². The molecule has 3 N–H and O–H groups in total. The monoisotopic (exact) mass is 560 g/mol. The van der Waals surface area contributed by atoms with Crippen LogP contribution >= 0.6 is 24.0 Å². The van der Waals surface area contributed by atoms with Crippen molar-refractivity contribution in [1.82, 2.24) is 20.9 Å². The number of aliphatic imine (C=N–C) groups is 1. The molecule has 1 aromatic rings. The number of pyridine rings is 1. The number of nitrogens with zero attached hydrogens (tertiary/aromatic N) is 3. The number of halogens is 1. The van der Waals surface area contributed by atoms with Crippen molar-refractivity contribution in [2.75, 3.05) is 31.6 Å². The van der Waals surface area contributed by atoms with Crippen LogP contribution in [-0.2, 0) is 4.74 Å². The molecule has 1 aliphatic heterocycles. The van der Waals surface area contributed by atoms with E-state index in [1.807, 2.05) is 33.8 Å². The van der Waals surface area contributed by atoms with Gasteiger partial charge in [-0.1, -0.05) is 19.9 Å². The number of carbonyl (C=O) groups is 1. The fraction of sp³-hybridized carbons (Fsp3) is 0.696. The smallest absolute Gasteiger partial charge is 0.407 e. The Hall–Kier alpha value is -1.78. The van der Waals surface area contributed by atoms with Crippen LogP contribution in [0.5, 0.6) is 0 Å². The van der Waals surface area contributed by atoms with E-state index in [0.29, 0.717) is 12.6 Å². The lowest BCUT2D eigenvalue weighted by molar-refractivity contribution is 0.0491. The number of hydrogen-bond acceptors (Lipinski definition) is 5. The third-order valence-corrected chi connectivity index (χ3v) is 5.25. The van der Waals surface area contributed by atoms with Crippen molar-refractivity contribution in [3.63, 3.8) is 0 Å². The zero-order chi connectivity index (χ0) is 23.0. The minimum Gasteiger partial charge on any atom is -0.444 e. The highest BCUT2D eigenvalue weighted by atomic mass is 127. The summed E-state index contributed by atoms with van der Waals surface area (Å²) in [6.07, 6.45) is 1.63. The van der Waals surface area contributed by atoms with Crippen LogP contribution in [0.3, 0.4) is 0 Å². The second-order valence-electron chi connectivity index (χ2n) is 9.49. The predicted molar refractivity (Wildman–Crippen MR) is 142 cm³/mol. The molecule has 182 valence electrons. The van der Waals surface area contributed by atoms with E-state index < -0.39 is 11.7 Å². The Labute approximate surface area is 210 Å². The van der Waals surface area contributed by atoms with Gasteiger partial charge in [0.25, 0.3) is 0 Å². The van der Waals surface area contributed by atoms with Gasteiger partial charge in [-0.15, -0.1) is 24.0 Å². The number of aryl methyl sites for hydroxylation is 1. The van der Waals surface area contributed by atoms with Crippen molar-refractivity contribution < 1.29 is 9.53 Å². The van der Waals surface area contributed by atoms with Gasteiger partial charge >= 0.3 is 6.09 Å². The lowest BCUT2D eigenvalue weighted by Crippen LogP contribution is -2.53. The van der Waals surface area contributed by atoms with E-state index in [-0.39, 0.29) is 35.9 Å². The fourth-order valence-electron chi connectivity index (χ4n) is 3.46. The molecule has 1 amide bonds. The van der Waals surface area contributed by atoms with Crippen LogP contribution in [-0.4, -0.2) is 61.4 Å². The Morgan fingerprint density at radius 3 is 2.47 bits per heavy atom. The van der Waals surface area contributed by atoms with Gasteiger partial charge in [-0.25, -0.2) is 9.78 Å². The maximum absolute atomic E-state index is 12.2. The van der Waals surface area contributed by atoms with Crippen LogP contribution in [0.4, 0.5) is 10.6 Å². The highest BCUT2D eigenvalue weighted by Crippen LogP contribution is 2.18. The van der Waals surface area contributed by atoms with Gasteiger partial charge in [-0.05, 0) is 58.6 Å². The molecule has 8 nitrogen and oxygen atoms in total. The van der Waals surface area contributed by atoms with Crippen molar-refractivity contribution in [3.05, 3.63) is 23.9 Å². The molecule has 2 rings (SSSR count). The topological polar surface area (TPSA) is 90.9 Å². The second-order valence-corrected chi connectivity index (χ2v) is 9.49. The molecule has 0 spiro atoms. The Morgan fingerprint density at radius 1 is 1.28 bits per heavy atom. The first-order valence-electron chi connectivity index (χ1n) is 11.2. The molecule has 9 heteroatoms. The number of rotatable bonds is 6. The number of hydrogen-bond donors (Lipinski definition) is 3. The molecule has 1 unspecified atom stereocenters. The van der Waals surface area contributed by atoms with Crippen LogP contribution < -0.4 is 20.9 Å². The minimum atomic E-state index is -0.514. The van der Waals surface area contributed by atoms with Crippen LogP contribution in [0.15, 0.2) is 23.2 Å². The van der Waals surface area contributed by atoms with E-state index >= 15 is 0 Å². The molecule has 0 saturated carbocycles. The molecule has 0 aromatic carbocycles. The summed E-state index contributed by atoms with van der Waals surface area (Å²) in [7, 11) is 1.77. The van der Waals surface area contributed by atoms with Crippen molar-refractivity contribution in [2.24, 2.45) is 10.9 Å². The summed E-state index contributed by atoms with van der Waals surface area (Å²) in [5.41, 5.74) is 0.529. The number of aromatic nitrogens is 1. The normalized spacial score (nSPS) is 16.2. The SMILES string of the molecule is CN=C(NCC(NC(=O)OC(C)(C)C)C(C)C)NC1CCN(c2cccc(C)n2)CC1.I. The summed E-state index contributed by atoms with van der Waals surface area (Å²) in [5, 5.41) is 9.85. The Bertz CT molecular complexity index is 742. The zero-order valence-corrected chi connectivity index (χ0v) is 22.9. The predicted octanol–water partition coefficient (Wildman–Crippen LogP) is 3.69. The van der Waals surface area contributed by atoms with E-state index in [1.165, 1.54) is 0 Å². The lowest BCUT2D eigenvalue weighted by atomic mass is 10.0. The van der Waals surface area contributed by atoms with E-state index in [4.69, 9.17) is 4.74 Å². The fourth-order valence-corrected chi connectivity index (χ4v) is 3.46. The van der Waals surface area contributed by atoms with Crippen molar-refractivity contribution in [1.29, 1.82) is 0 Å². The zero-order valence-electron chi connectivity index (χ0n) is 20.6. The van der Waals surface area contributed by atoms with Gasteiger partial charge in [-0.3, -0.25) is 4.99 Å². The number of amides is 1. The molecule has 1 saturated heterocycles.